The molecule has 0 spiro atoms. The first-order valence-corrected chi connectivity index (χ1v) is 5.52. The van der Waals surface area contributed by atoms with Crippen molar-refractivity contribution in [2.45, 2.75) is 31.6 Å². The van der Waals surface area contributed by atoms with E-state index in [4.69, 9.17) is 17.3 Å². The van der Waals surface area contributed by atoms with Crippen LogP contribution in [0, 0.1) is 6.92 Å². The molecule has 14 heavy (non-hydrogen) atoms. The topological polar surface area (TPSA) is 26.0 Å². The first kappa shape index (κ1) is 10.0. The Hall–Kier alpha value is -0.530. The Morgan fingerprint density at radius 3 is 2.71 bits per heavy atom. The minimum Gasteiger partial charge on any atom is -0.330 e. The molecular weight excluding hydrogens is 194 g/mol. The van der Waals surface area contributed by atoms with E-state index in [1.165, 1.54) is 24.0 Å². The monoisotopic (exact) mass is 209 g/mol. The van der Waals surface area contributed by atoms with Crippen molar-refractivity contribution in [2.24, 2.45) is 5.73 Å². The number of hydrogen-bond donors (Lipinski definition) is 1. The van der Waals surface area contributed by atoms with Gasteiger partial charge in [-0.15, -0.1) is 0 Å². The van der Waals surface area contributed by atoms with E-state index in [0.717, 1.165) is 18.0 Å². The van der Waals surface area contributed by atoms with E-state index in [2.05, 4.69) is 19.1 Å². The molecule has 0 aromatic heterocycles. The van der Waals surface area contributed by atoms with Crippen LogP contribution >= 0.6 is 11.6 Å². The van der Waals surface area contributed by atoms with E-state index in [1.807, 2.05) is 6.07 Å². The van der Waals surface area contributed by atoms with E-state index in [9.17, 15) is 0 Å². The fourth-order valence-electron chi connectivity index (χ4n) is 2.13. The van der Waals surface area contributed by atoms with Gasteiger partial charge in [0.25, 0.3) is 0 Å². The van der Waals surface area contributed by atoms with Crippen molar-refractivity contribution in [3.05, 3.63) is 34.3 Å². The zero-order chi connectivity index (χ0) is 10.2. The van der Waals surface area contributed by atoms with Gasteiger partial charge in [0.15, 0.2) is 0 Å². The van der Waals surface area contributed by atoms with E-state index in [1.54, 1.807) is 0 Å². The fraction of sp³-hybridized carbons (Fsp3) is 0.500. The van der Waals surface area contributed by atoms with E-state index < -0.39 is 0 Å². The fourth-order valence-corrected chi connectivity index (χ4v) is 2.44. The number of halogens is 1. The molecule has 1 saturated carbocycles. The summed E-state index contributed by atoms with van der Waals surface area (Å²) in [6, 6.07) is 6.28. The van der Waals surface area contributed by atoms with Crippen LogP contribution in [0.15, 0.2) is 18.2 Å². The predicted molar refractivity (Wildman–Crippen MR) is 60.8 cm³/mol. The van der Waals surface area contributed by atoms with Gasteiger partial charge >= 0.3 is 0 Å². The molecule has 2 rings (SSSR count). The Labute approximate surface area is 90.3 Å². The molecule has 1 nitrogen and oxygen atoms in total. The van der Waals surface area contributed by atoms with Gasteiger partial charge in [-0.2, -0.15) is 0 Å². The molecular formula is C12H16ClN. The highest BCUT2D eigenvalue weighted by Gasteiger charge is 2.44. The Bertz CT molecular complexity index is 342. The third-order valence-electron chi connectivity index (χ3n) is 3.17. The van der Waals surface area contributed by atoms with Crippen molar-refractivity contribution >= 4 is 11.6 Å². The molecule has 1 aliphatic rings. The molecule has 0 atom stereocenters. The van der Waals surface area contributed by atoms with Gasteiger partial charge in [-0.1, -0.05) is 29.3 Å². The number of nitrogens with two attached hydrogens (primary N) is 1. The summed E-state index contributed by atoms with van der Waals surface area (Å²) in [4.78, 5) is 0. The molecule has 76 valence electrons. The van der Waals surface area contributed by atoms with Crippen molar-refractivity contribution < 1.29 is 0 Å². The van der Waals surface area contributed by atoms with Crippen molar-refractivity contribution in [3.8, 4) is 0 Å². The molecule has 0 bridgehead atoms. The standard InChI is InChI=1S/C12H16ClN/c1-9-2-3-11(13)10(8-9)12(4-5-12)6-7-14/h2-3,8H,4-7,14H2,1H3. The maximum atomic E-state index is 6.22. The lowest BCUT2D eigenvalue weighted by Gasteiger charge is -2.16. The quantitative estimate of drug-likeness (QED) is 0.814. The van der Waals surface area contributed by atoms with Crippen molar-refractivity contribution in [1.82, 2.24) is 0 Å². The van der Waals surface area contributed by atoms with Gasteiger partial charge in [0, 0.05) is 5.02 Å². The number of benzene rings is 1. The molecule has 1 aromatic carbocycles. The molecule has 1 fully saturated rings. The predicted octanol–water partition coefficient (Wildman–Crippen LogP) is 3.03. The minimum atomic E-state index is 0.317. The lowest BCUT2D eigenvalue weighted by Crippen LogP contribution is -2.14. The third-order valence-corrected chi connectivity index (χ3v) is 3.50. The summed E-state index contributed by atoms with van der Waals surface area (Å²) in [7, 11) is 0. The number of aryl methyl sites for hydroxylation is 1. The largest absolute Gasteiger partial charge is 0.330 e. The third kappa shape index (κ3) is 1.67. The maximum absolute atomic E-state index is 6.22. The van der Waals surface area contributed by atoms with Crippen molar-refractivity contribution in [2.75, 3.05) is 6.54 Å². The maximum Gasteiger partial charge on any atom is 0.0443 e. The molecule has 1 aromatic rings. The summed E-state index contributed by atoms with van der Waals surface area (Å²) in [6.45, 7) is 2.86. The van der Waals surface area contributed by atoms with E-state index >= 15 is 0 Å². The average molecular weight is 210 g/mol. The zero-order valence-electron chi connectivity index (χ0n) is 8.52. The normalized spacial score (nSPS) is 18.2. The van der Waals surface area contributed by atoms with Gasteiger partial charge in [0.1, 0.15) is 0 Å². The van der Waals surface area contributed by atoms with Crippen LogP contribution in [-0.2, 0) is 5.41 Å². The molecule has 0 amide bonds. The Morgan fingerprint density at radius 1 is 1.43 bits per heavy atom. The zero-order valence-corrected chi connectivity index (χ0v) is 9.27. The summed E-state index contributed by atoms with van der Waals surface area (Å²) in [5.74, 6) is 0. The molecule has 0 unspecified atom stereocenters. The van der Waals surface area contributed by atoms with Gasteiger partial charge < -0.3 is 5.73 Å². The molecule has 0 aliphatic heterocycles. The minimum absolute atomic E-state index is 0.317. The van der Waals surface area contributed by atoms with Crippen LogP contribution in [0.3, 0.4) is 0 Å². The highest BCUT2D eigenvalue weighted by Crippen LogP contribution is 2.52. The molecule has 0 heterocycles. The van der Waals surface area contributed by atoms with Gasteiger partial charge in [-0.3, -0.25) is 0 Å². The summed E-state index contributed by atoms with van der Waals surface area (Å²) in [5, 5.41) is 0.904. The molecule has 2 heteroatoms. The van der Waals surface area contributed by atoms with Crippen molar-refractivity contribution in [3.63, 3.8) is 0 Å². The second-order valence-electron chi connectivity index (χ2n) is 4.30. The van der Waals surface area contributed by atoms with Crippen LogP contribution in [0.4, 0.5) is 0 Å². The van der Waals surface area contributed by atoms with Crippen LogP contribution < -0.4 is 5.73 Å². The lowest BCUT2D eigenvalue weighted by atomic mass is 9.91. The Morgan fingerprint density at radius 2 is 2.14 bits per heavy atom. The van der Waals surface area contributed by atoms with Gasteiger partial charge in [-0.05, 0) is 49.8 Å². The summed E-state index contributed by atoms with van der Waals surface area (Å²) in [5.41, 5.74) is 8.55. The Kier molecular flexibility index (Phi) is 2.54. The smallest absolute Gasteiger partial charge is 0.0443 e. The number of rotatable bonds is 3. The van der Waals surface area contributed by atoms with E-state index in [-0.39, 0.29) is 0 Å². The second-order valence-corrected chi connectivity index (χ2v) is 4.71. The Balaban J connectivity index is 2.35. The SMILES string of the molecule is Cc1ccc(Cl)c(C2(CCN)CC2)c1. The summed E-state index contributed by atoms with van der Waals surface area (Å²) in [6.07, 6.45) is 3.55. The highest BCUT2D eigenvalue weighted by atomic mass is 35.5. The van der Waals surface area contributed by atoms with Crippen LogP contribution in [-0.4, -0.2) is 6.54 Å². The van der Waals surface area contributed by atoms with Crippen LogP contribution in [0.1, 0.15) is 30.4 Å². The number of hydrogen-bond acceptors (Lipinski definition) is 1. The van der Waals surface area contributed by atoms with E-state index in [0.29, 0.717) is 5.41 Å². The second kappa shape index (κ2) is 3.56. The summed E-state index contributed by atoms with van der Waals surface area (Å²) >= 11 is 6.22. The van der Waals surface area contributed by atoms with Crippen LogP contribution in [0.25, 0.3) is 0 Å². The van der Waals surface area contributed by atoms with Gasteiger partial charge in [0.05, 0.1) is 0 Å². The van der Waals surface area contributed by atoms with Crippen molar-refractivity contribution in [1.29, 1.82) is 0 Å². The first-order chi connectivity index (χ1) is 6.68. The molecule has 1 aliphatic carbocycles. The van der Waals surface area contributed by atoms with Crippen LogP contribution in [0.2, 0.25) is 5.02 Å². The first-order valence-electron chi connectivity index (χ1n) is 5.15. The van der Waals surface area contributed by atoms with Gasteiger partial charge in [0.2, 0.25) is 0 Å². The highest BCUT2D eigenvalue weighted by molar-refractivity contribution is 6.31. The van der Waals surface area contributed by atoms with Crippen LogP contribution in [0.5, 0.6) is 0 Å². The lowest BCUT2D eigenvalue weighted by molar-refractivity contribution is 0.629. The van der Waals surface area contributed by atoms with Gasteiger partial charge in [-0.25, -0.2) is 0 Å². The average Bonchev–Trinajstić information content (AvgIpc) is 2.91. The summed E-state index contributed by atoms with van der Waals surface area (Å²) < 4.78 is 0. The molecule has 0 saturated heterocycles. The molecule has 2 N–H and O–H groups in total. The molecule has 0 radical (unpaired) electrons.